The van der Waals surface area contributed by atoms with Gasteiger partial charge in [-0.25, -0.2) is 8.42 Å². The Morgan fingerprint density at radius 1 is 1.00 bits per heavy atom. The van der Waals surface area contributed by atoms with Crippen LogP contribution in [0.1, 0.15) is 15.9 Å². The number of hydrogen-bond acceptors (Lipinski definition) is 3. The van der Waals surface area contributed by atoms with Gasteiger partial charge in [0, 0.05) is 15.7 Å². The number of rotatable bonds is 5. The maximum absolute atomic E-state index is 12.8. The van der Waals surface area contributed by atoms with E-state index in [0.29, 0.717) is 15.8 Å². The molecule has 3 aromatic rings. The maximum atomic E-state index is 12.8. The van der Waals surface area contributed by atoms with Crippen molar-refractivity contribution in [2.45, 2.75) is 11.8 Å². The molecular formula is C20H16BrClN2O3S. The molecule has 144 valence electrons. The minimum absolute atomic E-state index is 0.0250. The standard InChI is InChI=1S/C20H16BrClN2O3S/c1-13-6-9-15(10-7-13)24-28(26,27)19-12-14(8-11-17(19)22)20(25)23-18-5-3-2-4-16(18)21/h2-12,24H,1H3,(H,23,25). The van der Waals surface area contributed by atoms with Crippen LogP contribution in [-0.4, -0.2) is 14.3 Å². The number of para-hydroxylation sites is 1. The normalized spacial score (nSPS) is 11.1. The lowest BCUT2D eigenvalue weighted by Gasteiger charge is -2.12. The van der Waals surface area contributed by atoms with Gasteiger partial charge in [-0.1, -0.05) is 41.4 Å². The van der Waals surface area contributed by atoms with E-state index in [1.807, 2.05) is 13.0 Å². The summed E-state index contributed by atoms with van der Waals surface area (Å²) in [5, 5.41) is 2.76. The molecular weight excluding hydrogens is 464 g/mol. The van der Waals surface area contributed by atoms with Crippen LogP contribution in [0.5, 0.6) is 0 Å². The van der Waals surface area contributed by atoms with Gasteiger partial charge in [0.1, 0.15) is 4.90 Å². The van der Waals surface area contributed by atoms with Crippen molar-refractivity contribution in [2.75, 3.05) is 10.0 Å². The second-order valence-corrected chi connectivity index (χ2v) is 8.96. The molecule has 8 heteroatoms. The zero-order valence-corrected chi connectivity index (χ0v) is 17.9. The molecule has 0 aromatic heterocycles. The van der Waals surface area contributed by atoms with E-state index in [1.54, 1.807) is 42.5 Å². The van der Waals surface area contributed by atoms with Crippen molar-refractivity contribution in [1.82, 2.24) is 0 Å². The van der Waals surface area contributed by atoms with Gasteiger partial charge in [0.05, 0.1) is 10.7 Å². The Hall–Kier alpha value is -2.35. The topological polar surface area (TPSA) is 75.3 Å². The lowest BCUT2D eigenvalue weighted by Crippen LogP contribution is -2.16. The summed E-state index contributed by atoms with van der Waals surface area (Å²) in [6.07, 6.45) is 0. The lowest BCUT2D eigenvalue weighted by atomic mass is 10.2. The van der Waals surface area contributed by atoms with Crippen molar-refractivity contribution in [1.29, 1.82) is 0 Å². The molecule has 0 saturated heterocycles. The predicted octanol–water partition coefficient (Wildman–Crippen LogP) is 5.46. The average Bonchev–Trinajstić information content (AvgIpc) is 2.65. The fraction of sp³-hybridized carbons (Fsp3) is 0.0500. The highest BCUT2D eigenvalue weighted by Gasteiger charge is 2.21. The predicted molar refractivity (Wildman–Crippen MR) is 116 cm³/mol. The lowest BCUT2D eigenvalue weighted by molar-refractivity contribution is 0.102. The van der Waals surface area contributed by atoms with E-state index in [1.165, 1.54) is 18.2 Å². The maximum Gasteiger partial charge on any atom is 0.263 e. The summed E-state index contributed by atoms with van der Waals surface area (Å²) < 4.78 is 28.7. The molecule has 0 heterocycles. The zero-order chi connectivity index (χ0) is 20.3. The molecule has 0 saturated carbocycles. The molecule has 0 bridgehead atoms. The summed E-state index contributed by atoms with van der Waals surface area (Å²) in [5.41, 5.74) is 2.16. The van der Waals surface area contributed by atoms with E-state index >= 15 is 0 Å². The number of nitrogens with one attached hydrogen (secondary N) is 2. The molecule has 0 fully saturated rings. The first-order valence-corrected chi connectivity index (χ1v) is 10.9. The Kier molecular flexibility index (Phi) is 6.07. The van der Waals surface area contributed by atoms with E-state index < -0.39 is 15.9 Å². The molecule has 0 aliphatic rings. The Labute approximate surface area is 176 Å². The van der Waals surface area contributed by atoms with Gasteiger partial charge < -0.3 is 5.32 Å². The van der Waals surface area contributed by atoms with E-state index in [2.05, 4.69) is 26.0 Å². The Morgan fingerprint density at radius 2 is 1.68 bits per heavy atom. The van der Waals surface area contributed by atoms with Gasteiger partial charge in [-0.2, -0.15) is 0 Å². The molecule has 0 aliphatic carbocycles. The third-order valence-electron chi connectivity index (χ3n) is 3.91. The van der Waals surface area contributed by atoms with Gasteiger partial charge in [-0.05, 0) is 65.3 Å². The van der Waals surface area contributed by atoms with Crippen molar-refractivity contribution in [3.8, 4) is 0 Å². The van der Waals surface area contributed by atoms with Gasteiger partial charge in [0.15, 0.2) is 0 Å². The fourth-order valence-corrected chi connectivity index (χ4v) is 4.41. The van der Waals surface area contributed by atoms with Crippen LogP contribution in [0.4, 0.5) is 11.4 Å². The highest BCUT2D eigenvalue weighted by molar-refractivity contribution is 9.10. The number of carbonyl (C=O) groups is 1. The van der Waals surface area contributed by atoms with Crippen molar-refractivity contribution < 1.29 is 13.2 Å². The van der Waals surface area contributed by atoms with E-state index in [4.69, 9.17) is 11.6 Å². The third-order valence-corrected chi connectivity index (χ3v) is 6.46. The van der Waals surface area contributed by atoms with Crippen LogP contribution in [0.2, 0.25) is 5.02 Å². The van der Waals surface area contributed by atoms with Gasteiger partial charge in [0.2, 0.25) is 0 Å². The smallest absolute Gasteiger partial charge is 0.263 e. The van der Waals surface area contributed by atoms with Crippen molar-refractivity contribution in [3.05, 3.63) is 87.4 Å². The van der Waals surface area contributed by atoms with Crippen molar-refractivity contribution in [2.24, 2.45) is 0 Å². The number of halogens is 2. The van der Waals surface area contributed by atoms with Crippen molar-refractivity contribution in [3.63, 3.8) is 0 Å². The first kappa shape index (κ1) is 20.4. The van der Waals surface area contributed by atoms with Gasteiger partial charge in [-0.3, -0.25) is 9.52 Å². The molecule has 3 aromatic carbocycles. The second-order valence-electron chi connectivity index (χ2n) is 6.05. The molecule has 0 spiro atoms. The Balaban J connectivity index is 1.89. The molecule has 3 rings (SSSR count). The summed E-state index contributed by atoms with van der Waals surface area (Å²) >= 11 is 9.46. The number of sulfonamides is 1. The first-order chi connectivity index (χ1) is 13.3. The SMILES string of the molecule is Cc1ccc(NS(=O)(=O)c2cc(C(=O)Nc3ccccc3Br)ccc2Cl)cc1. The highest BCUT2D eigenvalue weighted by Crippen LogP contribution is 2.27. The molecule has 0 unspecified atom stereocenters. The summed E-state index contributed by atoms with van der Waals surface area (Å²) in [6, 6.07) is 18.1. The van der Waals surface area contributed by atoms with Gasteiger partial charge in [0.25, 0.3) is 15.9 Å². The van der Waals surface area contributed by atoms with Crippen LogP contribution >= 0.6 is 27.5 Å². The highest BCUT2D eigenvalue weighted by atomic mass is 79.9. The van der Waals surface area contributed by atoms with Gasteiger partial charge in [-0.15, -0.1) is 0 Å². The first-order valence-electron chi connectivity index (χ1n) is 8.21. The minimum atomic E-state index is -3.97. The summed E-state index contributed by atoms with van der Waals surface area (Å²) in [5.74, 6) is -0.449. The van der Waals surface area contributed by atoms with Crippen LogP contribution in [0, 0.1) is 6.92 Å². The van der Waals surface area contributed by atoms with Crippen LogP contribution in [0.25, 0.3) is 0 Å². The Bertz CT molecular complexity index is 1130. The van der Waals surface area contributed by atoms with Crippen LogP contribution < -0.4 is 10.0 Å². The summed E-state index contributed by atoms with van der Waals surface area (Å²) in [6.45, 7) is 1.91. The van der Waals surface area contributed by atoms with Crippen molar-refractivity contribution >= 4 is 54.8 Å². The number of benzene rings is 3. The second kappa shape index (κ2) is 8.34. The molecule has 28 heavy (non-hydrogen) atoms. The Morgan fingerprint density at radius 3 is 2.36 bits per heavy atom. The van der Waals surface area contributed by atoms with Crippen LogP contribution in [0.3, 0.4) is 0 Å². The number of hydrogen-bond donors (Lipinski definition) is 2. The number of anilines is 2. The summed E-state index contributed by atoms with van der Waals surface area (Å²) in [4.78, 5) is 12.4. The molecule has 0 radical (unpaired) electrons. The van der Waals surface area contributed by atoms with Gasteiger partial charge >= 0.3 is 0 Å². The molecule has 1 amide bonds. The largest absolute Gasteiger partial charge is 0.321 e. The minimum Gasteiger partial charge on any atom is -0.321 e. The molecule has 2 N–H and O–H groups in total. The quantitative estimate of drug-likeness (QED) is 0.510. The average molecular weight is 480 g/mol. The summed E-state index contributed by atoms with van der Waals surface area (Å²) in [7, 11) is -3.97. The van der Waals surface area contributed by atoms with E-state index in [9.17, 15) is 13.2 Å². The molecule has 0 aliphatic heterocycles. The number of carbonyl (C=O) groups excluding carboxylic acids is 1. The number of aryl methyl sites for hydroxylation is 1. The number of amides is 1. The molecule has 0 atom stereocenters. The fourth-order valence-electron chi connectivity index (χ4n) is 2.44. The zero-order valence-electron chi connectivity index (χ0n) is 14.7. The van der Waals surface area contributed by atoms with Crippen LogP contribution in [-0.2, 0) is 10.0 Å². The monoisotopic (exact) mass is 478 g/mol. The van der Waals surface area contributed by atoms with Crippen LogP contribution in [0.15, 0.2) is 76.1 Å². The third kappa shape index (κ3) is 4.73. The van der Waals surface area contributed by atoms with E-state index in [0.717, 1.165) is 5.56 Å². The van der Waals surface area contributed by atoms with E-state index in [-0.39, 0.29) is 15.5 Å². The molecule has 5 nitrogen and oxygen atoms in total.